The molecule has 0 bridgehead atoms. The minimum atomic E-state index is -1.36. The fourth-order valence-corrected chi connectivity index (χ4v) is 7.47. The number of hydrogen-bond acceptors (Lipinski definition) is 7. The molecule has 3 aliphatic rings. The number of anilines is 1. The number of esters is 1. The number of Topliss-reactive ketones (excluding diaryl/α,β-unsaturated/α-hetero) is 2. The van der Waals surface area contributed by atoms with E-state index in [1.165, 1.54) is 18.3 Å². The molecule has 3 aliphatic heterocycles. The number of ether oxygens (including phenoxy) is 1. The van der Waals surface area contributed by atoms with Gasteiger partial charge in [0.1, 0.15) is 17.2 Å². The smallest absolute Gasteiger partial charge is 0.308 e. The second-order valence-electron chi connectivity index (χ2n) is 10.4. The Morgan fingerprint density at radius 3 is 2.41 bits per heavy atom. The summed E-state index contributed by atoms with van der Waals surface area (Å²) in [4.78, 5) is 57.3. The van der Waals surface area contributed by atoms with Crippen LogP contribution in [0.4, 0.5) is 5.69 Å². The van der Waals surface area contributed by atoms with Crippen LogP contribution in [0.1, 0.15) is 49.7 Å². The van der Waals surface area contributed by atoms with Crippen LogP contribution in [0, 0.1) is 5.92 Å². The number of benzene rings is 3. The maximum atomic E-state index is 14.6. The Bertz CT molecular complexity index is 1760. The van der Waals surface area contributed by atoms with Crippen molar-refractivity contribution in [3.8, 4) is 5.75 Å². The van der Waals surface area contributed by atoms with Gasteiger partial charge >= 0.3 is 5.97 Å². The molecule has 7 nitrogen and oxygen atoms in total. The lowest BCUT2D eigenvalue weighted by atomic mass is 9.63. The van der Waals surface area contributed by atoms with Crippen molar-refractivity contribution in [2.24, 2.45) is 5.92 Å². The van der Waals surface area contributed by atoms with Crippen molar-refractivity contribution < 1.29 is 23.9 Å². The van der Waals surface area contributed by atoms with Crippen molar-refractivity contribution in [2.75, 3.05) is 5.32 Å². The van der Waals surface area contributed by atoms with Crippen LogP contribution >= 0.6 is 11.3 Å². The normalized spacial score (nSPS) is 23.5. The number of nitrogens with one attached hydrogen (secondary N) is 1. The minimum Gasteiger partial charge on any atom is -0.427 e. The van der Waals surface area contributed by atoms with Gasteiger partial charge in [0.25, 0.3) is 0 Å². The van der Waals surface area contributed by atoms with E-state index in [4.69, 9.17) is 4.74 Å². The number of fused-ring (bicyclic) bond motifs is 6. The molecule has 4 aromatic rings. The van der Waals surface area contributed by atoms with E-state index in [1.54, 1.807) is 36.4 Å². The molecule has 1 amide bonds. The highest BCUT2D eigenvalue weighted by atomic mass is 32.1. The highest BCUT2D eigenvalue weighted by Crippen LogP contribution is 2.62. The molecular weight excluding hydrogens is 536 g/mol. The second kappa shape index (κ2) is 9.38. The third kappa shape index (κ3) is 3.64. The monoisotopic (exact) mass is 560 g/mol. The number of amides is 1. The van der Waals surface area contributed by atoms with Crippen LogP contribution in [0.5, 0.6) is 5.75 Å². The van der Waals surface area contributed by atoms with Crippen LogP contribution in [0.15, 0.2) is 96.5 Å². The van der Waals surface area contributed by atoms with Gasteiger partial charge in [0.15, 0.2) is 11.6 Å². The second-order valence-corrected chi connectivity index (χ2v) is 11.4. The van der Waals surface area contributed by atoms with Gasteiger partial charge < -0.3 is 15.0 Å². The lowest BCUT2D eigenvalue weighted by Gasteiger charge is -2.38. The molecule has 0 radical (unpaired) electrons. The molecule has 0 aliphatic carbocycles. The Balaban J connectivity index is 1.47. The predicted octanol–water partition coefficient (Wildman–Crippen LogP) is 5.66. The lowest BCUT2D eigenvalue weighted by molar-refractivity contribution is -0.131. The Morgan fingerprint density at radius 2 is 1.66 bits per heavy atom. The average molecular weight is 561 g/mol. The summed E-state index contributed by atoms with van der Waals surface area (Å²) in [6.07, 6.45) is 3.78. The SMILES string of the molecule is CC(=O)Oc1ccc(C(=O)[C@@H]2[C@@H](C(=O)c3cccs3)[C@]3(C(=O)Nc4ccccc43)[C@H]3c4ccccc4C=CN23)cc1. The van der Waals surface area contributed by atoms with Gasteiger partial charge in [-0.25, -0.2) is 0 Å². The van der Waals surface area contributed by atoms with Crippen molar-refractivity contribution in [3.63, 3.8) is 0 Å². The van der Waals surface area contributed by atoms with Crippen LogP contribution in [-0.4, -0.2) is 34.4 Å². The maximum absolute atomic E-state index is 14.6. The summed E-state index contributed by atoms with van der Waals surface area (Å²) < 4.78 is 5.16. The molecule has 7 rings (SSSR count). The van der Waals surface area contributed by atoms with Crippen molar-refractivity contribution in [3.05, 3.63) is 124 Å². The summed E-state index contributed by atoms with van der Waals surface area (Å²) >= 11 is 1.30. The molecule has 202 valence electrons. The number of ketones is 2. The Kier molecular flexibility index (Phi) is 5.76. The number of thiophene rings is 1. The fourth-order valence-electron chi connectivity index (χ4n) is 6.76. The highest BCUT2D eigenvalue weighted by Gasteiger charge is 2.70. The molecule has 0 unspecified atom stereocenters. The number of hydrogen-bond donors (Lipinski definition) is 1. The van der Waals surface area contributed by atoms with E-state index in [-0.39, 0.29) is 17.5 Å². The predicted molar refractivity (Wildman–Crippen MR) is 155 cm³/mol. The quantitative estimate of drug-likeness (QED) is 0.193. The molecule has 1 spiro atoms. The first-order valence-electron chi connectivity index (χ1n) is 13.3. The zero-order chi connectivity index (χ0) is 28.3. The van der Waals surface area contributed by atoms with E-state index in [1.807, 2.05) is 71.1 Å². The molecule has 8 heteroatoms. The maximum Gasteiger partial charge on any atom is 0.308 e. The number of carbonyl (C=O) groups is 4. The first-order valence-corrected chi connectivity index (χ1v) is 14.1. The largest absolute Gasteiger partial charge is 0.427 e. The van der Waals surface area contributed by atoms with Crippen molar-refractivity contribution >= 4 is 46.5 Å². The highest BCUT2D eigenvalue weighted by molar-refractivity contribution is 7.12. The van der Waals surface area contributed by atoms with Gasteiger partial charge in [-0.2, -0.15) is 0 Å². The molecule has 1 fully saturated rings. The summed E-state index contributed by atoms with van der Waals surface area (Å²) in [6, 6.07) is 23.5. The molecule has 0 saturated carbocycles. The van der Waals surface area contributed by atoms with E-state index in [9.17, 15) is 19.2 Å². The topological polar surface area (TPSA) is 92.8 Å². The minimum absolute atomic E-state index is 0.248. The first-order chi connectivity index (χ1) is 19.9. The van der Waals surface area contributed by atoms with E-state index >= 15 is 0 Å². The van der Waals surface area contributed by atoms with Gasteiger partial charge in [0, 0.05) is 24.4 Å². The summed E-state index contributed by atoms with van der Waals surface area (Å²) in [5.41, 5.74) is 2.16. The van der Waals surface area contributed by atoms with E-state index in [2.05, 4.69) is 5.32 Å². The van der Waals surface area contributed by atoms with Gasteiger partial charge in [-0.05, 0) is 64.5 Å². The van der Waals surface area contributed by atoms with E-state index < -0.39 is 29.4 Å². The molecule has 4 heterocycles. The molecule has 1 saturated heterocycles. The number of carbonyl (C=O) groups excluding carboxylic acids is 4. The van der Waals surface area contributed by atoms with Crippen molar-refractivity contribution in [2.45, 2.75) is 24.4 Å². The number of nitrogens with zero attached hydrogens (tertiary/aromatic N) is 1. The zero-order valence-electron chi connectivity index (χ0n) is 21.9. The number of para-hydroxylation sites is 1. The first kappa shape index (κ1) is 25.2. The van der Waals surface area contributed by atoms with Crippen LogP contribution in [0.3, 0.4) is 0 Å². The lowest BCUT2D eigenvalue weighted by Crippen LogP contribution is -2.49. The summed E-state index contributed by atoms with van der Waals surface area (Å²) in [5.74, 6) is -2.01. The zero-order valence-corrected chi connectivity index (χ0v) is 22.8. The van der Waals surface area contributed by atoms with Crippen LogP contribution in [-0.2, 0) is 15.0 Å². The van der Waals surface area contributed by atoms with Gasteiger partial charge in [0.2, 0.25) is 5.91 Å². The molecular formula is C33H24N2O5S. The molecule has 4 atom stereocenters. The summed E-state index contributed by atoms with van der Waals surface area (Å²) in [7, 11) is 0. The average Bonchev–Trinajstić information content (AvgIpc) is 3.69. The third-order valence-electron chi connectivity index (χ3n) is 8.29. The molecule has 1 aromatic heterocycles. The number of rotatable bonds is 5. The van der Waals surface area contributed by atoms with Gasteiger partial charge in [-0.1, -0.05) is 48.5 Å². The van der Waals surface area contributed by atoms with Gasteiger partial charge in [-0.3, -0.25) is 19.2 Å². The summed E-state index contributed by atoms with van der Waals surface area (Å²) in [6.45, 7) is 1.31. The standard InChI is InChI=1S/C33H24N2O5S/c1-19(36)40-22-14-12-21(13-15-22)29(37)28-27(30(38)26-11-6-18-41-26)33(24-9-4-5-10-25(24)34-32(33)39)31-23-8-3-2-7-20(23)16-17-35(28)31/h2-18,27-28,31H,1H3,(H,34,39)/t27-,28-,31+,33-/m0/s1. The Hall–Kier alpha value is -4.82. The van der Waals surface area contributed by atoms with Crippen molar-refractivity contribution in [1.82, 2.24) is 4.90 Å². The molecule has 1 N–H and O–H groups in total. The van der Waals surface area contributed by atoms with E-state index in [0.29, 0.717) is 27.4 Å². The van der Waals surface area contributed by atoms with Crippen LogP contribution < -0.4 is 10.1 Å². The Labute approximate surface area is 240 Å². The third-order valence-corrected chi connectivity index (χ3v) is 9.17. The molecule has 3 aromatic carbocycles. The van der Waals surface area contributed by atoms with Crippen molar-refractivity contribution in [1.29, 1.82) is 0 Å². The van der Waals surface area contributed by atoms with Crippen LogP contribution in [0.2, 0.25) is 0 Å². The summed E-state index contributed by atoms with van der Waals surface area (Å²) in [5, 5.41) is 4.87. The van der Waals surface area contributed by atoms with Gasteiger partial charge in [0.05, 0.1) is 16.8 Å². The van der Waals surface area contributed by atoms with E-state index in [0.717, 1.165) is 11.1 Å². The van der Waals surface area contributed by atoms with Crippen LogP contribution in [0.25, 0.3) is 6.08 Å². The fraction of sp³-hybridized carbons (Fsp3) is 0.152. The Morgan fingerprint density at radius 1 is 0.902 bits per heavy atom. The van der Waals surface area contributed by atoms with Gasteiger partial charge in [-0.15, -0.1) is 11.3 Å². The molecule has 41 heavy (non-hydrogen) atoms.